The van der Waals surface area contributed by atoms with Crippen molar-refractivity contribution in [3.8, 4) is 0 Å². The van der Waals surface area contributed by atoms with Crippen LogP contribution in [0.5, 0.6) is 0 Å². The molecule has 0 aliphatic heterocycles. The Kier molecular flexibility index (Phi) is 3.77. The number of hydrogen-bond donors (Lipinski definition) is 3. The van der Waals surface area contributed by atoms with Gasteiger partial charge in [-0.05, 0) is 19.8 Å². The van der Waals surface area contributed by atoms with Crippen LogP contribution in [-0.4, -0.2) is 22.5 Å². The van der Waals surface area contributed by atoms with Crippen molar-refractivity contribution in [3.63, 3.8) is 0 Å². The SMILES string of the molecule is CC(O)CCC(N)O. The maximum Gasteiger partial charge on any atom is 0.102 e. The highest BCUT2D eigenvalue weighted by atomic mass is 16.3. The van der Waals surface area contributed by atoms with Crippen LogP contribution in [0.4, 0.5) is 0 Å². The van der Waals surface area contributed by atoms with E-state index in [9.17, 15) is 0 Å². The fourth-order valence-corrected chi connectivity index (χ4v) is 0.412. The van der Waals surface area contributed by atoms with E-state index in [0.29, 0.717) is 12.8 Å². The minimum atomic E-state index is -0.774. The first-order chi connectivity index (χ1) is 3.63. The molecule has 0 saturated heterocycles. The Hall–Kier alpha value is -0.120. The van der Waals surface area contributed by atoms with Gasteiger partial charge >= 0.3 is 0 Å². The summed E-state index contributed by atoms with van der Waals surface area (Å²) in [4.78, 5) is 0. The lowest BCUT2D eigenvalue weighted by Crippen LogP contribution is -2.20. The Morgan fingerprint density at radius 2 is 1.88 bits per heavy atom. The van der Waals surface area contributed by atoms with E-state index in [1.807, 2.05) is 0 Å². The minimum Gasteiger partial charge on any atom is -0.393 e. The lowest BCUT2D eigenvalue weighted by atomic mass is 10.2. The molecule has 3 nitrogen and oxygen atoms in total. The molecule has 0 radical (unpaired) electrons. The first kappa shape index (κ1) is 7.88. The molecular formula is C5H13NO2. The van der Waals surface area contributed by atoms with Crippen LogP contribution in [0.25, 0.3) is 0 Å². The Bertz CT molecular complexity index is 46.4. The van der Waals surface area contributed by atoms with Gasteiger partial charge in [-0.25, -0.2) is 0 Å². The number of hydrogen-bond acceptors (Lipinski definition) is 3. The molecule has 8 heavy (non-hydrogen) atoms. The van der Waals surface area contributed by atoms with Crippen molar-refractivity contribution in [2.45, 2.75) is 32.1 Å². The first-order valence-electron chi connectivity index (χ1n) is 2.74. The second-order valence-corrected chi connectivity index (χ2v) is 1.99. The van der Waals surface area contributed by atoms with Gasteiger partial charge in [-0.2, -0.15) is 0 Å². The maximum absolute atomic E-state index is 8.63. The van der Waals surface area contributed by atoms with E-state index >= 15 is 0 Å². The van der Waals surface area contributed by atoms with Crippen LogP contribution >= 0.6 is 0 Å². The van der Waals surface area contributed by atoms with Crippen LogP contribution in [-0.2, 0) is 0 Å². The topological polar surface area (TPSA) is 66.5 Å². The highest BCUT2D eigenvalue weighted by Gasteiger charge is 1.98. The average Bonchev–Trinajstić information content (AvgIpc) is 1.61. The van der Waals surface area contributed by atoms with Crippen LogP contribution in [0.15, 0.2) is 0 Å². The molecule has 0 amide bonds. The van der Waals surface area contributed by atoms with Crippen molar-refractivity contribution in [3.05, 3.63) is 0 Å². The summed E-state index contributed by atoms with van der Waals surface area (Å²) in [7, 11) is 0. The van der Waals surface area contributed by atoms with E-state index in [4.69, 9.17) is 15.9 Å². The molecule has 0 aliphatic rings. The molecular weight excluding hydrogens is 106 g/mol. The smallest absolute Gasteiger partial charge is 0.102 e. The van der Waals surface area contributed by atoms with E-state index < -0.39 is 6.23 Å². The zero-order valence-corrected chi connectivity index (χ0v) is 5.04. The summed E-state index contributed by atoms with van der Waals surface area (Å²) >= 11 is 0. The number of aliphatic hydroxyl groups is 2. The van der Waals surface area contributed by atoms with Gasteiger partial charge in [0, 0.05) is 0 Å². The zero-order chi connectivity index (χ0) is 6.57. The van der Waals surface area contributed by atoms with Crippen LogP contribution < -0.4 is 5.73 Å². The van der Waals surface area contributed by atoms with Gasteiger partial charge < -0.3 is 15.9 Å². The maximum atomic E-state index is 8.63. The van der Waals surface area contributed by atoms with Crippen molar-refractivity contribution in [2.75, 3.05) is 0 Å². The third-order valence-corrected chi connectivity index (χ3v) is 0.880. The lowest BCUT2D eigenvalue weighted by molar-refractivity contribution is 0.127. The van der Waals surface area contributed by atoms with E-state index in [1.54, 1.807) is 6.92 Å². The summed E-state index contributed by atoms with van der Waals surface area (Å²) in [5.74, 6) is 0. The zero-order valence-electron chi connectivity index (χ0n) is 5.04. The lowest BCUT2D eigenvalue weighted by Gasteiger charge is -2.04. The molecule has 0 aliphatic carbocycles. The molecule has 0 rings (SSSR count). The summed E-state index contributed by atoms with van der Waals surface area (Å²) in [6.45, 7) is 1.67. The first-order valence-corrected chi connectivity index (χ1v) is 2.74. The summed E-state index contributed by atoms with van der Waals surface area (Å²) in [6, 6.07) is 0. The van der Waals surface area contributed by atoms with Crippen LogP contribution in [0.1, 0.15) is 19.8 Å². The minimum absolute atomic E-state index is 0.354. The second kappa shape index (κ2) is 3.83. The summed E-state index contributed by atoms with van der Waals surface area (Å²) in [5, 5.41) is 17.1. The Morgan fingerprint density at radius 1 is 1.38 bits per heavy atom. The molecule has 0 saturated carbocycles. The van der Waals surface area contributed by atoms with Crippen LogP contribution in [0.3, 0.4) is 0 Å². The summed E-state index contributed by atoms with van der Waals surface area (Å²) in [6.07, 6.45) is -0.0900. The molecule has 0 spiro atoms. The van der Waals surface area contributed by atoms with E-state index in [1.165, 1.54) is 0 Å². The summed E-state index contributed by atoms with van der Waals surface area (Å²) < 4.78 is 0. The van der Waals surface area contributed by atoms with Crippen molar-refractivity contribution in [1.82, 2.24) is 0 Å². The number of nitrogens with two attached hydrogens (primary N) is 1. The standard InChI is InChI=1S/C5H13NO2/c1-4(7)2-3-5(6)8/h4-5,7-8H,2-3,6H2,1H3. The number of aliphatic hydroxyl groups excluding tert-OH is 2. The molecule has 0 heterocycles. The van der Waals surface area contributed by atoms with Gasteiger partial charge in [-0.3, -0.25) is 0 Å². The Morgan fingerprint density at radius 3 is 2.00 bits per heavy atom. The second-order valence-electron chi connectivity index (χ2n) is 1.99. The van der Waals surface area contributed by atoms with Gasteiger partial charge in [-0.1, -0.05) is 0 Å². The summed E-state index contributed by atoms with van der Waals surface area (Å²) in [5.41, 5.74) is 4.99. The van der Waals surface area contributed by atoms with E-state index in [0.717, 1.165) is 0 Å². The predicted molar refractivity (Wildman–Crippen MR) is 31.1 cm³/mol. The van der Waals surface area contributed by atoms with Gasteiger partial charge in [0.1, 0.15) is 6.23 Å². The van der Waals surface area contributed by atoms with E-state index in [2.05, 4.69) is 0 Å². The Balaban J connectivity index is 2.93. The van der Waals surface area contributed by atoms with Gasteiger partial charge in [0.15, 0.2) is 0 Å². The van der Waals surface area contributed by atoms with Crippen molar-refractivity contribution in [1.29, 1.82) is 0 Å². The molecule has 2 atom stereocenters. The fraction of sp³-hybridized carbons (Fsp3) is 1.00. The van der Waals surface area contributed by atoms with Gasteiger partial charge in [0.2, 0.25) is 0 Å². The van der Waals surface area contributed by atoms with Crippen molar-refractivity contribution >= 4 is 0 Å². The van der Waals surface area contributed by atoms with Crippen molar-refractivity contribution < 1.29 is 10.2 Å². The fourth-order valence-electron chi connectivity index (χ4n) is 0.412. The molecule has 0 fully saturated rings. The third kappa shape index (κ3) is 5.88. The third-order valence-electron chi connectivity index (χ3n) is 0.880. The highest BCUT2D eigenvalue weighted by Crippen LogP contribution is 1.95. The quantitative estimate of drug-likeness (QED) is 0.436. The Labute approximate surface area is 49.1 Å². The number of rotatable bonds is 3. The van der Waals surface area contributed by atoms with Crippen molar-refractivity contribution in [2.24, 2.45) is 5.73 Å². The molecule has 0 bridgehead atoms. The van der Waals surface area contributed by atoms with Crippen LogP contribution in [0, 0.1) is 0 Å². The molecule has 2 unspecified atom stereocenters. The van der Waals surface area contributed by atoms with Crippen LogP contribution in [0.2, 0.25) is 0 Å². The largest absolute Gasteiger partial charge is 0.393 e. The molecule has 3 heteroatoms. The average molecular weight is 119 g/mol. The molecule has 50 valence electrons. The van der Waals surface area contributed by atoms with Gasteiger partial charge in [0.25, 0.3) is 0 Å². The predicted octanol–water partition coefficient (Wildman–Crippen LogP) is -0.576. The molecule has 4 N–H and O–H groups in total. The highest BCUT2D eigenvalue weighted by molar-refractivity contribution is 4.50. The molecule has 0 aromatic heterocycles. The monoisotopic (exact) mass is 119 g/mol. The van der Waals surface area contributed by atoms with E-state index in [-0.39, 0.29) is 6.10 Å². The normalized spacial score (nSPS) is 18.0. The molecule has 0 aromatic carbocycles. The van der Waals surface area contributed by atoms with Gasteiger partial charge in [-0.15, -0.1) is 0 Å². The molecule has 0 aromatic rings. The van der Waals surface area contributed by atoms with Gasteiger partial charge in [0.05, 0.1) is 6.10 Å².